The Labute approximate surface area is 205 Å². The minimum atomic E-state index is -0.298. The van der Waals surface area contributed by atoms with Crippen LogP contribution >= 0.6 is 0 Å². The molecule has 5 rings (SSSR count). The highest BCUT2D eigenvalue weighted by atomic mass is 16.5. The zero-order valence-electron chi connectivity index (χ0n) is 20.2. The first-order valence-corrected chi connectivity index (χ1v) is 12.2. The van der Waals surface area contributed by atoms with Crippen molar-refractivity contribution in [3.8, 4) is 0 Å². The number of aromatic nitrogens is 3. The van der Waals surface area contributed by atoms with E-state index in [1.165, 1.54) is 5.56 Å². The number of hydrogen-bond donors (Lipinski definition) is 1. The third-order valence-corrected chi connectivity index (χ3v) is 7.45. The Balaban J connectivity index is 1.45. The minimum Gasteiger partial charge on any atom is -0.370 e. The number of piperidine rings is 1. The molecule has 0 unspecified atom stereocenters. The fourth-order valence-electron chi connectivity index (χ4n) is 5.62. The summed E-state index contributed by atoms with van der Waals surface area (Å²) < 4.78 is 8.26. The lowest BCUT2D eigenvalue weighted by Gasteiger charge is -2.44. The lowest BCUT2D eigenvalue weighted by Crippen LogP contribution is -2.52. The van der Waals surface area contributed by atoms with E-state index in [9.17, 15) is 9.59 Å². The summed E-state index contributed by atoms with van der Waals surface area (Å²) in [7, 11) is 1.79. The van der Waals surface area contributed by atoms with E-state index in [1.54, 1.807) is 30.2 Å². The number of carbonyl (C=O) groups excluding carboxylic acids is 2. The van der Waals surface area contributed by atoms with Crippen molar-refractivity contribution >= 4 is 11.8 Å². The average molecular weight is 474 g/mol. The van der Waals surface area contributed by atoms with Gasteiger partial charge < -0.3 is 15.0 Å². The van der Waals surface area contributed by atoms with Crippen LogP contribution in [0.25, 0.3) is 0 Å². The van der Waals surface area contributed by atoms with E-state index >= 15 is 0 Å². The van der Waals surface area contributed by atoms with Crippen LogP contribution in [0.3, 0.4) is 0 Å². The van der Waals surface area contributed by atoms with Gasteiger partial charge in [0.2, 0.25) is 5.91 Å². The van der Waals surface area contributed by atoms with Gasteiger partial charge in [-0.3, -0.25) is 19.3 Å². The summed E-state index contributed by atoms with van der Waals surface area (Å²) in [5.74, 6) is -0.00421. The van der Waals surface area contributed by atoms with Crippen molar-refractivity contribution in [2.75, 3.05) is 13.1 Å². The predicted molar refractivity (Wildman–Crippen MR) is 130 cm³/mol. The SMILES string of the molecule is CCC(=O)N[C@@H]1c2ccccc2C2(CCN(C(=O)c3ccnn3C)CC2)[C@H]1OCc1cccnc1. The van der Waals surface area contributed by atoms with Gasteiger partial charge in [-0.25, -0.2) is 0 Å². The smallest absolute Gasteiger partial charge is 0.272 e. The molecule has 1 spiro atoms. The molecule has 0 saturated carbocycles. The van der Waals surface area contributed by atoms with Gasteiger partial charge in [0.05, 0.1) is 18.8 Å². The van der Waals surface area contributed by atoms with Crippen LogP contribution in [0.2, 0.25) is 0 Å². The predicted octanol–water partition coefficient (Wildman–Crippen LogP) is 3.16. The highest BCUT2D eigenvalue weighted by Gasteiger charge is 2.54. The first-order chi connectivity index (χ1) is 17.0. The van der Waals surface area contributed by atoms with Crippen LogP contribution in [-0.4, -0.2) is 50.7 Å². The topological polar surface area (TPSA) is 89.4 Å². The molecular weight excluding hydrogens is 442 g/mol. The molecule has 1 saturated heterocycles. The van der Waals surface area contributed by atoms with Crippen molar-refractivity contribution in [2.45, 2.75) is 50.4 Å². The molecule has 1 aliphatic heterocycles. The molecule has 2 aliphatic rings. The van der Waals surface area contributed by atoms with Gasteiger partial charge in [0.25, 0.3) is 5.91 Å². The summed E-state index contributed by atoms with van der Waals surface area (Å²) in [5, 5.41) is 7.38. The number of amides is 2. The number of carbonyl (C=O) groups is 2. The Hall–Kier alpha value is -3.52. The fraction of sp³-hybridized carbons (Fsp3) is 0.407. The lowest BCUT2D eigenvalue weighted by atomic mass is 9.71. The molecular formula is C27H31N5O3. The maximum atomic E-state index is 13.1. The van der Waals surface area contributed by atoms with E-state index < -0.39 is 0 Å². The van der Waals surface area contributed by atoms with E-state index in [0.29, 0.717) is 31.8 Å². The number of benzene rings is 1. The van der Waals surface area contributed by atoms with Gasteiger partial charge in [0, 0.05) is 50.6 Å². The fourth-order valence-corrected chi connectivity index (χ4v) is 5.62. The highest BCUT2D eigenvalue weighted by molar-refractivity contribution is 5.92. The lowest BCUT2D eigenvalue weighted by molar-refractivity contribution is -0.123. The van der Waals surface area contributed by atoms with Crippen molar-refractivity contribution in [1.82, 2.24) is 25.0 Å². The standard InChI is InChI=1S/C27H31N5O3/c1-3-23(33)30-24-20-8-4-5-9-21(20)27(25(24)35-18-19-7-6-13-28-17-19)11-15-32(16-12-27)26(34)22-10-14-29-31(22)2/h4-10,13-14,17,24-25H,3,11-12,15-16,18H2,1-2H3,(H,30,33)/t24-,25+/m1/s1. The van der Waals surface area contributed by atoms with Crippen molar-refractivity contribution in [1.29, 1.82) is 0 Å². The molecule has 2 aromatic heterocycles. The molecule has 3 aromatic rings. The number of rotatable bonds is 6. The third kappa shape index (κ3) is 4.23. The molecule has 35 heavy (non-hydrogen) atoms. The van der Waals surface area contributed by atoms with Crippen molar-refractivity contribution in [2.24, 2.45) is 7.05 Å². The molecule has 3 heterocycles. The summed E-state index contributed by atoms with van der Waals surface area (Å²) in [6.07, 6.45) is 6.88. The van der Waals surface area contributed by atoms with Gasteiger partial charge >= 0.3 is 0 Å². The molecule has 2 atom stereocenters. The van der Waals surface area contributed by atoms with Gasteiger partial charge in [-0.1, -0.05) is 37.3 Å². The van der Waals surface area contributed by atoms with Crippen LogP contribution in [0.15, 0.2) is 61.1 Å². The molecule has 0 bridgehead atoms. The number of nitrogens with zero attached hydrogens (tertiary/aromatic N) is 4. The molecule has 1 N–H and O–H groups in total. The summed E-state index contributed by atoms with van der Waals surface area (Å²) >= 11 is 0. The molecule has 8 nitrogen and oxygen atoms in total. The maximum Gasteiger partial charge on any atom is 0.272 e. The largest absolute Gasteiger partial charge is 0.370 e. The Morgan fingerprint density at radius 3 is 2.60 bits per heavy atom. The molecule has 1 fully saturated rings. The van der Waals surface area contributed by atoms with E-state index in [4.69, 9.17) is 4.74 Å². The normalized spacial score (nSPS) is 20.6. The molecule has 0 radical (unpaired) electrons. The summed E-state index contributed by atoms with van der Waals surface area (Å²) in [6.45, 7) is 3.49. The molecule has 2 amide bonds. The number of fused-ring (bicyclic) bond motifs is 2. The number of aryl methyl sites for hydroxylation is 1. The van der Waals surface area contributed by atoms with Crippen molar-refractivity contribution in [3.05, 3.63) is 83.4 Å². The number of likely N-dealkylation sites (tertiary alicyclic amines) is 1. The summed E-state index contributed by atoms with van der Waals surface area (Å²) in [4.78, 5) is 31.8. The Morgan fingerprint density at radius 1 is 1.11 bits per heavy atom. The Morgan fingerprint density at radius 2 is 1.91 bits per heavy atom. The first kappa shape index (κ1) is 23.2. The zero-order valence-corrected chi connectivity index (χ0v) is 20.2. The zero-order chi connectivity index (χ0) is 24.4. The number of ether oxygens (including phenoxy) is 1. The first-order valence-electron chi connectivity index (χ1n) is 12.2. The van der Waals surface area contributed by atoms with Gasteiger partial charge in [0.15, 0.2) is 0 Å². The quantitative estimate of drug-likeness (QED) is 0.594. The second kappa shape index (κ2) is 9.62. The van der Waals surface area contributed by atoms with Gasteiger partial charge in [0.1, 0.15) is 5.69 Å². The molecule has 1 aromatic carbocycles. The van der Waals surface area contributed by atoms with Gasteiger partial charge in [-0.2, -0.15) is 5.10 Å². The average Bonchev–Trinajstić information content (AvgIpc) is 3.43. The van der Waals surface area contributed by atoms with Crippen LogP contribution < -0.4 is 5.32 Å². The van der Waals surface area contributed by atoms with E-state index in [1.807, 2.05) is 36.2 Å². The highest BCUT2D eigenvalue weighted by Crippen LogP contribution is 2.52. The van der Waals surface area contributed by atoms with Crippen molar-refractivity contribution in [3.63, 3.8) is 0 Å². The second-order valence-corrected chi connectivity index (χ2v) is 9.37. The minimum absolute atomic E-state index is 0.000604. The van der Waals surface area contributed by atoms with Crippen LogP contribution in [0.1, 0.15) is 59.4 Å². The van der Waals surface area contributed by atoms with Gasteiger partial charge in [-0.15, -0.1) is 0 Å². The van der Waals surface area contributed by atoms with Crippen LogP contribution in [0.4, 0.5) is 0 Å². The molecule has 1 aliphatic carbocycles. The Bertz CT molecular complexity index is 1200. The molecule has 8 heteroatoms. The van der Waals surface area contributed by atoms with Gasteiger partial charge in [-0.05, 0) is 41.7 Å². The van der Waals surface area contributed by atoms with E-state index in [0.717, 1.165) is 24.0 Å². The van der Waals surface area contributed by atoms with Crippen LogP contribution in [-0.2, 0) is 28.6 Å². The summed E-state index contributed by atoms with van der Waals surface area (Å²) in [6, 6.07) is 13.7. The van der Waals surface area contributed by atoms with Crippen molar-refractivity contribution < 1.29 is 14.3 Å². The number of nitrogens with one attached hydrogen (secondary N) is 1. The van der Waals surface area contributed by atoms with E-state index in [2.05, 4.69) is 33.6 Å². The summed E-state index contributed by atoms with van der Waals surface area (Å²) in [5.41, 5.74) is 3.60. The number of hydrogen-bond acceptors (Lipinski definition) is 5. The monoisotopic (exact) mass is 473 g/mol. The van der Waals surface area contributed by atoms with E-state index in [-0.39, 0.29) is 29.4 Å². The third-order valence-electron chi connectivity index (χ3n) is 7.45. The van der Waals surface area contributed by atoms with Crippen LogP contribution in [0.5, 0.6) is 0 Å². The number of pyridine rings is 1. The van der Waals surface area contributed by atoms with Crippen LogP contribution in [0, 0.1) is 0 Å². The second-order valence-electron chi connectivity index (χ2n) is 9.37. The Kier molecular flexibility index (Phi) is 6.38. The maximum absolute atomic E-state index is 13.1. The molecule has 182 valence electrons.